The van der Waals surface area contributed by atoms with Crippen LogP contribution in [0.1, 0.15) is 87.0 Å². The number of fused-ring (bicyclic) bond motifs is 6. The second kappa shape index (κ2) is 7.69. The lowest BCUT2D eigenvalue weighted by Gasteiger charge is -2.69. The molecular weight excluding hydrogens is 444 g/mol. The van der Waals surface area contributed by atoms with E-state index in [9.17, 15) is 14.4 Å². The molecule has 35 heavy (non-hydrogen) atoms. The van der Waals surface area contributed by atoms with Crippen molar-refractivity contribution in [2.45, 2.75) is 99.4 Å². The van der Waals surface area contributed by atoms with Crippen LogP contribution in [0.25, 0.3) is 0 Å². The molecule has 1 aliphatic heterocycles. The van der Waals surface area contributed by atoms with Gasteiger partial charge in [0.25, 0.3) is 6.29 Å². The number of hydrogen-bond acceptors (Lipinski definition) is 6. The molecule has 0 aromatic heterocycles. The number of rotatable bonds is 2. The Morgan fingerprint density at radius 1 is 0.943 bits per heavy atom. The molecule has 0 bridgehead atoms. The van der Waals surface area contributed by atoms with E-state index in [1.54, 1.807) is 0 Å². The van der Waals surface area contributed by atoms with Crippen molar-refractivity contribution in [1.82, 2.24) is 0 Å². The first kappa shape index (κ1) is 24.6. The highest BCUT2D eigenvalue weighted by Crippen LogP contribution is 2.73. The van der Waals surface area contributed by atoms with Gasteiger partial charge in [0.15, 0.2) is 0 Å². The van der Waals surface area contributed by atoms with Crippen LogP contribution < -0.4 is 0 Å². The molecule has 0 aromatic carbocycles. The zero-order valence-corrected chi connectivity index (χ0v) is 22.2. The van der Waals surface area contributed by atoms with Crippen LogP contribution in [0.3, 0.4) is 0 Å². The molecule has 192 valence electrons. The van der Waals surface area contributed by atoms with Crippen LogP contribution in [0, 0.1) is 39.4 Å². The van der Waals surface area contributed by atoms with Crippen molar-refractivity contribution in [2.75, 3.05) is 0 Å². The maximum Gasteiger partial charge on any atom is 0.338 e. The second-order valence-corrected chi connectivity index (χ2v) is 13.1. The second-order valence-electron chi connectivity index (χ2n) is 13.1. The fourth-order valence-electron chi connectivity index (χ4n) is 9.63. The van der Waals surface area contributed by atoms with E-state index in [0.717, 1.165) is 12.8 Å². The number of esters is 3. The Labute approximate surface area is 208 Å². The van der Waals surface area contributed by atoms with Crippen molar-refractivity contribution in [3.8, 4) is 0 Å². The maximum atomic E-state index is 13.3. The molecule has 3 fully saturated rings. The number of hydrogen-bond donors (Lipinski definition) is 0. The van der Waals surface area contributed by atoms with Gasteiger partial charge in [-0.15, -0.1) is 0 Å². The first-order valence-electron chi connectivity index (χ1n) is 13.2. The molecule has 3 saturated carbocycles. The van der Waals surface area contributed by atoms with Crippen LogP contribution in [-0.4, -0.2) is 30.3 Å². The van der Waals surface area contributed by atoms with E-state index < -0.39 is 29.7 Å². The van der Waals surface area contributed by atoms with Crippen molar-refractivity contribution in [2.24, 2.45) is 39.4 Å². The SMILES string of the molecule is CC(=O)OC1OC(=O)C2=C1C=C[C@H]1[C@]3(C)CC[C@H]4C(C)(C)CCC[C@]4(C)[C@H]3C[C@H](OC(C)=O)[C@]21C. The summed E-state index contributed by atoms with van der Waals surface area (Å²) < 4.78 is 17.0. The van der Waals surface area contributed by atoms with Crippen molar-refractivity contribution in [3.05, 3.63) is 23.3 Å². The number of carbonyl (C=O) groups excluding carboxylic acids is 3. The molecule has 8 atom stereocenters. The van der Waals surface area contributed by atoms with Crippen LogP contribution in [0.5, 0.6) is 0 Å². The quantitative estimate of drug-likeness (QED) is 0.481. The third-order valence-electron chi connectivity index (χ3n) is 10.9. The molecular formula is C29H40O6. The Morgan fingerprint density at radius 3 is 2.29 bits per heavy atom. The Balaban J connectivity index is 1.63. The molecule has 0 spiro atoms. The first-order valence-corrected chi connectivity index (χ1v) is 13.2. The van der Waals surface area contributed by atoms with Gasteiger partial charge in [-0.2, -0.15) is 0 Å². The van der Waals surface area contributed by atoms with E-state index in [4.69, 9.17) is 14.2 Å². The standard InChI is InChI=1S/C29H40O6/c1-16(30)33-22-15-21-27(5)13-8-12-26(3,4)19(27)11-14-28(21,6)20-10-9-18-23(29(20,22)7)24(32)35-25(18)34-17(2)31/h9-10,19-22,25H,8,11-15H2,1-7H3/t19-,20-,21+,22-,25?,27-,28-,29+/m0/s1. The summed E-state index contributed by atoms with van der Waals surface area (Å²) in [4.78, 5) is 37.3. The minimum atomic E-state index is -1.04. The average Bonchev–Trinajstić information content (AvgIpc) is 3.04. The lowest BCUT2D eigenvalue weighted by Crippen LogP contribution is -2.65. The van der Waals surface area contributed by atoms with Gasteiger partial charge in [0.1, 0.15) is 6.10 Å². The summed E-state index contributed by atoms with van der Waals surface area (Å²) in [5.41, 5.74) is 0.726. The van der Waals surface area contributed by atoms with Gasteiger partial charge in [-0.25, -0.2) is 4.79 Å². The summed E-state index contributed by atoms with van der Waals surface area (Å²) in [6.07, 6.45) is 9.25. The Bertz CT molecular complexity index is 1040. The topological polar surface area (TPSA) is 78.9 Å². The molecule has 0 aromatic rings. The van der Waals surface area contributed by atoms with Gasteiger partial charge >= 0.3 is 17.9 Å². The molecule has 0 radical (unpaired) electrons. The highest BCUT2D eigenvalue weighted by atomic mass is 16.7. The minimum absolute atomic E-state index is 0.00305. The summed E-state index contributed by atoms with van der Waals surface area (Å²) in [6.45, 7) is 14.5. The van der Waals surface area contributed by atoms with Gasteiger partial charge in [-0.05, 0) is 66.1 Å². The largest absolute Gasteiger partial charge is 0.462 e. The highest BCUT2D eigenvalue weighted by Gasteiger charge is 2.69. The summed E-state index contributed by atoms with van der Waals surface area (Å²) in [6, 6.07) is 0. The van der Waals surface area contributed by atoms with Gasteiger partial charge < -0.3 is 14.2 Å². The van der Waals surface area contributed by atoms with E-state index in [-0.39, 0.29) is 28.1 Å². The molecule has 6 nitrogen and oxygen atoms in total. The predicted molar refractivity (Wildman–Crippen MR) is 130 cm³/mol. The number of cyclic esters (lactones) is 1. The van der Waals surface area contributed by atoms with Gasteiger partial charge in [0.05, 0.1) is 5.57 Å². The summed E-state index contributed by atoms with van der Waals surface area (Å²) in [5, 5.41) is 0. The Morgan fingerprint density at radius 2 is 1.63 bits per heavy atom. The molecule has 0 amide bonds. The van der Waals surface area contributed by atoms with Crippen molar-refractivity contribution < 1.29 is 28.6 Å². The Hall–Kier alpha value is -2.11. The number of allylic oxidation sites excluding steroid dienone is 1. The fraction of sp³-hybridized carbons (Fsp3) is 0.759. The monoisotopic (exact) mass is 484 g/mol. The minimum Gasteiger partial charge on any atom is -0.462 e. The molecule has 6 heteroatoms. The average molecular weight is 485 g/mol. The van der Waals surface area contributed by atoms with Crippen LogP contribution in [0.15, 0.2) is 23.3 Å². The normalized spacial score (nSPS) is 45.5. The first-order chi connectivity index (χ1) is 16.2. The lowest BCUT2D eigenvalue weighted by molar-refractivity contribution is -0.215. The maximum absolute atomic E-state index is 13.3. The van der Waals surface area contributed by atoms with Crippen LogP contribution in [0.4, 0.5) is 0 Å². The molecule has 4 aliphatic carbocycles. The van der Waals surface area contributed by atoms with Crippen LogP contribution >= 0.6 is 0 Å². The van der Waals surface area contributed by atoms with Crippen molar-refractivity contribution in [1.29, 1.82) is 0 Å². The van der Waals surface area contributed by atoms with E-state index >= 15 is 0 Å². The Kier molecular flexibility index (Phi) is 5.40. The predicted octanol–water partition coefficient (Wildman–Crippen LogP) is 5.51. The fourth-order valence-corrected chi connectivity index (χ4v) is 9.63. The van der Waals surface area contributed by atoms with Crippen LogP contribution in [0.2, 0.25) is 0 Å². The lowest BCUT2D eigenvalue weighted by atomic mass is 9.35. The molecule has 5 rings (SSSR count). The molecule has 0 N–H and O–H groups in total. The zero-order chi connectivity index (χ0) is 25.6. The van der Waals surface area contributed by atoms with Gasteiger partial charge in [0.2, 0.25) is 0 Å². The van der Waals surface area contributed by atoms with E-state index in [1.807, 2.05) is 6.08 Å². The van der Waals surface area contributed by atoms with Crippen LogP contribution in [-0.2, 0) is 28.6 Å². The van der Waals surface area contributed by atoms with E-state index in [2.05, 4.69) is 40.7 Å². The van der Waals surface area contributed by atoms with Crippen molar-refractivity contribution >= 4 is 17.9 Å². The summed E-state index contributed by atoms with van der Waals surface area (Å²) >= 11 is 0. The number of carbonyl (C=O) groups is 3. The molecule has 1 heterocycles. The molecule has 1 unspecified atom stereocenters. The van der Waals surface area contributed by atoms with Gasteiger partial charge in [0, 0.05) is 24.8 Å². The smallest absolute Gasteiger partial charge is 0.338 e. The van der Waals surface area contributed by atoms with Gasteiger partial charge in [-0.3, -0.25) is 9.59 Å². The summed E-state index contributed by atoms with van der Waals surface area (Å²) in [5.74, 6) is -0.319. The zero-order valence-electron chi connectivity index (χ0n) is 22.2. The van der Waals surface area contributed by atoms with Crippen molar-refractivity contribution in [3.63, 3.8) is 0 Å². The third kappa shape index (κ3) is 3.30. The number of ether oxygens (including phenoxy) is 3. The third-order valence-corrected chi connectivity index (χ3v) is 10.9. The molecule has 5 aliphatic rings. The summed E-state index contributed by atoms with van der Waals surface area (Å²) in [7, 11) is 0. The molecule has 0 saturated heterocycles. The van der Waals surface area contributed by atoms with E-state index in [1.165, 1.54) is 39.5 Å². The van der Waals surface area contributed by atoms with Gasteiger partial charge in [-0.1, -0.05) is 53.2 Å². The van der Waals surface area contributed by atoms with E-state index in [0.29, 0.717) is 23.0 Å². The highest BCUT2D eigenvalue weighted by molar-refractivity contribution is 5.95.